The Hall–Kier alpha value is -2.46. The molecule has 0 spiro atoms. The van der Waals surface area contributed by atoms with Crippen LogP contribution >= 0.6 is 0 Å². The van der Waals surface area contributed by atoms with Crippen LogP contribution in [0.2, 0.25) is 0 Å². The van der Waals surface area contributed by atoms with Crippen molar-refractivity contribution in [2.75, 3.05) is 20.6 Å². The van der Waals surface area contributed by atoms with Crippen LogP contribution in [0, 0.1) is 0 Å². The minimum Gasteiger partial charge on any atom is -0.309 e. The van der Waals surface area contributed by atoms with Crippen LogP contribution in [0.25, 0.3) is 16.6 Å². The van der Waals surface area contributed by atoms with E-state index in [1.807, 2.05) is 10.9 Å². The van der Waals surface area contributed by atoms with E-state index in [0.717, 1.165) is 43.4 Å². The van der Waals surface area contributed by atoms with E-state index in [4.69, 9.17) is 4.98 Å². The summed E-state index contributed by atoms with van der Waals surface area (Å²) in [6, 6.07) is 11.1. The van der Waals surface area contributed by atoms with E-state index < -0.39 is 0 Å². The van der Waals surface area contributed by atoms with Gasteiger partial charge < -0.3 is 4.90 Å². The van der Waals surface area contributed by atoms with E-state index in [-0.39, 0.29) is 0 Å². The van der Waals surface area contributed by atoms with Crippen LogP contribution in [0.5, 0.6) is 0 Å². The summed E-state index contributed by atoms with van der Waals surface area (Å²) in [5, 5.41) is 5.62. The number of aryl methyl sites for hydroxylation is 3. The van der Waals surface area contributed by atoms with Crippen molar-refractivity contribution >= 4 is 16.6 Å². The van der Waals surface area contributed by atoms with Crippen LogP contribution in [-0.2, 0) is 19.4 Å². The Labute approximate surface area is 155 Å². The summed E-state index contributed by atoms with van der Waals surface area (Å²) in [6.07, 6.45) is 7.37. The molecule has 4 nitrogen and oxygen atoms in total. The van der Waals surface area contributed by atoms with Gasteiger partial charge in [0.25, 0.3) is 0 Å². The van der Waals surface area contributed by atoms with E-state index in [1.165, 1.54) is 28.0 Å². The molecule has 0 saturated carbocycles. The minimum absolute atomic E-state index is 0.848. The fourth-order valence-corrected chi connectivity index (χ4v) is 3.79. The van der Waals surface area contributed by atoms with Gasteiger partial charge in [-0.05, 0) is 63.0 Å². The molecule has 4 heteroatoms. The summed E-state index contributed by atoms with van der Waals surface area (Å²) in [5.74, 6) is 0. The van der Waals surface area contributed by atoms with Crippen molar-refractivity contribution in [3.05, 3.63) is 65.0 Å². The van der Waals surface area contributed by atoms with Gasteiger partial charge in [-0.3, -0.25) is 0 Å². The second-order valence-electron chi connectivity index (χ2n) is 7.22. The summed E-state index contributed by atoms with van der Waals surface area (Å²) in [6.45, 7) is 4.01. The van der Waals surface area contributed by atoms with E-state index >= 15 is 0 Å². The predicted molar refractivity (Wildman–Crippen MR) is 107 cm³/mol. The highest BCUT2D eigenvalue weighted by molar-refractivity contribution is 5.88. The van der Waals surface area contributed by atoms with Crippen LogP contribution in [0.1, 0.15) is 35.7 Å². The topological polar surface area (TPSA) is 34.0 Å². The van der Waals surface area contributed by atoms with Gasteiger partial charge in [0, 0.05) is 24.0 Å². The largest absolute Gasteiger partial charge is 0.309 e. The third-order valence-corrected chi connectivity index (χ3v) is 5.14. The number of nitrogens with zero attached hydrogens (tertiary/aromatic N) is 4. The summed E-state index contributed by atoms with van der Waals surface area (Å²) < 4.78 is 1.99. The first kappa shape index (κ1) is 17.0. The van der Waals surface area contributed by atoms with Crippen LogP contribution in [0.15, 0.2) is 42.6 Å². The lowest BCUT2D eigenvalue weighted by Crippen LogP contribution is -2.12. The zero-order valence-corrected chi connectivity index (χ0v) is 15.9. The number of aromatic nitrogens is 3. The Morgan fingerprint density at radius 2 is 2.00 bits per heavy atom. The summed E-state index contributed by atoms with van der Waals surface area (Å²) in [7, 11) is 4.25. The maximum atomic E-state index is 5.03. The molecular weight excluding hydrogens is 320 g/mol. The molecule has 134 valence electrons. The van der Waals surface area contributed by atoms with Gasteiger partial charge >= 0.3 is 0 Å². The molecule has 0 saturated heterocycles. The molecule has 2 heterocycles. The first-order valence-corrected chi connectivity index (χ1v) is 9.46. The van der Waals surface area contributed by atoms with Gasteiger partial charge in [-0.25, -0.2) is 9.67 Å². The second-order valence-corrected chi connectivity index (χ2v) is 7.22. The van der Waals surface area contributed by atoms with E-state index in [9.17, 15) is 0 Å². The molecule has 0 N–H and O–H groups in total. The van der Waals surface area contributed by atoms with Gasteiger partial charge in [0.1, 0.15) is 0 Å². The SMILES string of the molecule is CCn1ncc2cc3c(nc21)CCc1ccccc1C3=CCCN(C)C. The van der Waals surface area contributed by atoms with Crippen molar-refractivity contribution in [3.8, 4) is 0 Å². The third kappa shape index (κ3) is 3.06. The smallest absolute Gasteiger partial charge is 0.158 e. The van der Waals surface area contributed by atoms with E-state index in [2.05, 4.69) is 67.4 Å². The van der Waals surface area contributed by atoms with Gasteiger partial charge in [-0.2, -0.15) is 5.10 Å². The average Bonchev–Trinajstić information content (AvgIpc) is 2.98. The average molecular weight is 346 g/mol. The third-order valence-electron chi connectivity index (χ3n) is 5.14. The monoisotopic (exact) mass is 346 g/mol. The summed E-state index contributed by atoms with van der Waals surface area (Å²) >= 11 is 0. The van der Waals surface area contributed by atoms with Crippen molar-refractivity contribution in [2.24, 2.45) is 0 Å². The van der Waals surface area contributed by atoms with Gasteiger partial charge in [-0.1, -0.05) is 30.3 Å². The van der Waals surface area contributed by atoms with Gasteiger partial charge in [-0.15, -0.1) is 0 Å². The van der Waals surface area contributed by atoms with Crippen molar-refractivity contribution < 1.29 is 0 Å². The molecule has 0 unspecified atom stereocenters. The highest BCUT2D eigenvalue weighted by atomic mass is 15.3. The molecule has 0 radical (unpaired) electrons. The Morgan fingerprint density at radius 3 is 2.81 bits per heavy atom. The molecule has 0 bridgehead atoms. The number of fused-ring (bicyclic) bond motifs is 3. The fraction of sp³-hybridized carbons (Fsp3) is 0.364. The number of rotatable bonds is 4. The quantitative estimate of drug-likeness (QED) is 0.718. The summed E-state index contributed by atoms with van der Waals surface area (Å²) in [4.78, 5) is 7.26. The van der Waals surface area contributed by atoms with Gasteiger partial charge in [0.05, 0.1) is 11.9 Å². The molecule has 0 aliphatic heterocycles. The van der Waals surface area contributed by atoms with Crippen LogP contribution in [-0.4, -0.2) is 40.3 Å². The zero-order valence-electron chi connectivity index (χ0n) is 15.9. The number of hydrogen-bond acceptors (Lipinski definition) is 3. The lowest BCUT2D eigenvalue weighted by Gasteiger charge is -2.13. The molecule has 4 rings (SSSR count). The minimum atomic E-state index is 0.848. The molecule has 26 heavy (non-hydrogen) atoms. The van der Waals surface area contributed by atoms with Crippen molar-refractivity contribution in [2.45, 2.75) is 32.7 Å². The first-order chi connectivity index (χ1) is 12.7. The molecule has 1 aliphatic carbocycles. The summed E-state index contributed by atoms with van der Waals surface area (Å²) in [5.41, 5.74) is 7.58. The normalized spacial score (nSPS) is 15.3. The molecule has 1 aliphatic rings. The molecule has 2 aromatic heterocycles. The van der Waals surface area contributed by atoms with Crippen molar-refractivity contribution in [1.82, 2.24) is 19.7 Å². The molecule has 0 fully saturated rings. The zero-order chi connectivity index (χ0) is 18.1. The molecule has 1 aromatic carbocycles. The van der Waals surface area contributed by atoms with Crippen molar-refractivity contribution in [3.63, 3.8) is 0 Å². The lowest BCUT2D eigenvalue weighted by atomic mass is 9.94. The number of pyridine rings is 1. The van der Waals surface area contributed by atoms with Crippen LogP contribution < -0.4 is 0 Å². The maximum absolute atomic E-state index is 5.03. The lowest BCUT2D eigenvalue weighted by molar-refractivity contribution is 0.417. The van der Waals surface area contributed by atoms with Crippen molar-refractivity contribution in [1.29, 1.82) is 0 Å². The Morgan fingerprint density at radius 1 is 1.15 bits per heavy atom. The molecule has 0 atom stereocenters. The number of benzene rings is 1. The van der Waals surface area contributed by atoms with Crippen LogP contribution in [0.4, 0.5) is 0 Å². The fourth-order valence-electron chi connectivity index (χ4n) is 3.79. The molecule has 3 aromatic rings. The molecular formula is C22H26N4. The Bertz CT molecular complexity index is 965. The maximum Gasteiger partial charge on any atom is 0.158 e. The van der Waals surface area contributed by atoms with E-state index in [0.29, 0.717) is 0 Å². The molecule has 0 amide bonds. The van der Waals surface area contributed by atoms with Gasteiger partial charge in [0.15, 0.2) is 5.65 Å². The first-order valence-electron chi connectivity index (χ1n) is 9.46. The van der Waals surface area contributed by atoms with Gasteiger partial charge in [0.2, 0.25) is 0 Å². The standard InChI is InChI=1S/C22H26N4/c1-4-26-22-17(15-23-26)14-20-19(10-7-13-25(2)3)18-9-6-5-8-16(18)11-12-21(20)24-22/h5-6,8-10,14-15H,4,7,11-13H2,1-3H3. The Kier molecular flexibility index (Phi) is 4.60. The highest BCUT2D eigenvalue weighted by Crippen LogP contribution is 2.34. The Balaban J connectivity index is 1.88. The number of hydrogen-bond donors (Lipinski definition) is 0. The van der Waals surface area contributed by atoms with E-state index in [1.54, 1.807) is 0 Å². The second kappa shape index (κ2) is 7.04. The highest BCUT2D eigenvalue weighted by Gasteiger charge is 2.20. The van der Waals surface area contributed by atoms with Crippen LogP contribution in [0.3, 0.4) is 0 Å². The predicted octanol–water partition coefficient (Wildman–Crippen LogP) is 3.93.